The van der Waals surface area contributed by atoms with Gasteiger partial charge in [-0.3, -0.25) is 4.79 Å². The maximum Gasteiger partial charge on any atom is 0.251 e. The van der Waals surface area contributed by atoms with Crippen molar-refractivity contribution in [1.82, 2.24) is 5.32 Å². The van der Waals surface area contributed by atoms with Gasteiger partial charge in [0.25, 0.3) is 5.91 Å². The first-order valence-corrected chi connectivity index (χ1v) is 5.81. The third-order valence-electron chi connectivity index (χ3n) is 2.27. The summed E-state index contributed by atoms with van der Waals surface area (Å²) in [5.41, 5.74) is 1.65. The predicted octanol–water partition coefficient (Wildman–Crippen LogP) is 1.88. The van der Waals surface area contributed by atoms with Crippen LogP contribution >= 0.6 is 0 Å². The lowest BCUT2D eigenvalue weighted by atomic mass is 10.2. The quantitative estimate of drug-likeness (QED) is 0.741. The van der Waals surface area contributed by atoms with E-state index in [2.05, 4.69) is 10.6 Å². The Kier molecular flexibility index (Phi) is 5.49. The van der Waals surface area contributed by atoms with Crippen LogP contribution in [0.15, 0.2) is 24.3 Å². The number of rotatable bonds is 6. The first-order chi connectivity index (χ1) is 8.13. The van der Waals surface area contributed by atoms with Crippen LogP contribution < -0.4 is 10.6 Å². The highest BCUT2D eigenvalue weighted by molar-refractivity contribution is 5.94. The van der Waals surface area contributed by atoms with Gasteiger partial charge in [-0.05, 0) is 38.1 Å². The van der Waals surface area contributed by atoms with Crippen molar-refractivity contribution in [3.8, 4) is 0 Å². The Morgan fingerprint density at radius 3 is 2.47 bits per heavy atom. The van der Waals surface area contributed by atoms with Crippen molar-refractivity contribution in [2.75, 3.05) is 25.5 Å². The first kappa shape index (κ1) is 13.5. The Balaban J connectivity index is 2.36. The molecule has 0 saturated carbocycles. The molecule has 0 atom stereocenters. The fraction of sp³-hybridized carbons (Fsp3) is 0.462. The van der Waals surface area contributed by atoms with E-state index >= 15 is 0 Å². The summed E-state index contributed by atoms with van der Waals surface area (Å²) < 4.78 is 5.34. The molecule has 1 rings (SSSR count). The molecule has 2 N–H and O–H groups in total. The molecule has 0 fully saturated rings. The van der Waals surface area contributed by atoms with Crippen LogP contribution in [0.5, 0.6) is 0 Å². The zero-order valence-corrected chi connectivity index (χ0v) is 10.6. The lowest BCUT2D eigenvalue weighted by Crippen LogP contribution is -2.28. The molecule has 17 heavy (non-hydrogen) atoms. The first-order valence-electron chi connectivity index (χ1n) is 5.81. The second-order valence-corrected chi connectivity index (χ2v) is 4.00. The second kappa shape index (κ2) is 6.91. The van der Waals surface area contributed by atoms with Gasteiger partial charge in [-0.1, -0.05) is 0 Å². The Hall–Kier alpha value is -1.55. The number of benzene rings is 1. The van der Waals surface area contributed by atoms with Gasteiger partial charge >= 0.3 is 0 Å². The van der Waals surface area contributed by atoms with E-state index in [1.807, 2.05) is 33.0 Å². The average Bonchev–Trinajstić information content (AvgIpc) is 2.34. The minimum atomic E-state index is -0.0694. The maximum atomic E-state index is 11.7. The van der Waals surface area contributed by atoms with Crippen LogP contribution in [0.1, 0.15) is 24.2 Å². The normalized spacial score (nSPS) is 10.4. The van der Waals surface area contributed by atoms with E-state index in [-0.39, 0.29) is 12.0 Å². The van der Waals surface area contributed by atoms with Gasteiger partial charge in [-0.15, -0.1) is 0 Å². The smallest absolute Gasteiger partial charge is 0.251 e. The molecule has 0 bridgehead atoms. The van der Waals surface area contributed by atoms with E-state index in [4.69, 9.17) is 4.74 Å². The number of ether oxygens (including phenoxy) is 1. The summed E-state index contributed by atoms with van der Waals surface area (Å²) in [5.74, 6) is -0.0694. The number of carbonyl (C=O) groups is 1. The van der Waals surface area contributed by atoms with Crippen LogP contribution in [0.2, 0.25) is 0 Å². The fourth-order valence-corrected chi connectivity index (χ4v) is 1.35. The van der Waals surface area contributed by atoms with E-state index < -0.39 is 0 Å². The summed E-state index contributed by atoms with van der Waals surface area (Å²) in [6.45, 7) is 5.01. The molecule has 0 aliphatic carbocycles. The van der Waals surface area contributed by atoms with Gasteiger partial charge in [0.2, 0.25) is 0 Å². The molecule has 94 valence electrons. The number of hydrogen-bond acceptors (Lipinski definition) is 3. The molecule has 0 saturated heterocycles. The van der Waals surface area contributed by atoms with Gasteiger partial charge in [0, 0.05) is 24.8 Å². The largest absolute Gasteiger partial charge is 0.388 e. The second-order valence-electron chi connectivity index (χ2n) is 4.00. The van der Waals surface area contributed by atoms with E-state index in [0.29, 0.717) is 18.7 Å². The third-order valence-corrected chi connectivity index (χ3v) is 2.27. The van der Waals surface area contributed by atoms with E-state index in [1.165, 1.54) is 0 Å². The van der Waals surface area contributed by atoms with Gasteiger partial charge in [-0.2, -0.15) is 0 Å². The van der Waals surface area contributed by atoms with Crippen LogP contribution in [0.4, 0.5) is 5.69 Å². The van der Waals surface area contributed by atoms with Crippen LogP contribution in [0.25, 0.3) is 0 Å². The number of anilines is 1. The zero-order valence-electron chi connectivity index (χ0n) is 10.6. The monoisotopic (exact) mass is 236 g/mol. The molecule has 0 aromatic heterocycles. The van der Waals surface area contributed by atoms with Gasteiger partial charge in [0.05, 0.1) is 12.7 Å². The van der Waals surface area contributed by atoms with Crippen molar-refractivity contribution in [3.05, 3.63) is 29.8 Å². The molecule has 0 aliphatic rings. The molecule has 1 amide bonds. The van der Waals surface area contributed by atoms with Gasteiger partial charge in [0.1, 0.15) is 0 Å². The standard InChI is InChI=1S/C13H20N2O2/c1-10(2)17-9-8-15-13(16)11-4-6-12(14-3)7-5-11/h4-7,10,14H,8-9H2,1-3H3,(H,15,16). The highest BCUT2D eigenvalue weighted by atomic mass is 16.5. The van der Waals surface area contributed by atoms with E-state index in [9.17, 15) is 4.79 Å². The van der Waals surface area contributed by atoms with E-state index in [0.717, 1.165) is 5.69 Å². The molecular weight excluding hydrogens is 216 g/mol. The molecule has 0 heterocycles. The highest BCUT2D eigenvalue weighted by Gasteiger charge is 2.04. The molecule has 4 nitrogen and oxygen atoms in total. The van der Waals surface area contributed by atoms with Crippen LogP contribution in [0.3, 0.4) is 0 Å². The Morgan fingerprint density at radius 1 is 1.29 bits per heavy atom. The number of amides is 1. The minimum Gasteiger partial charge on any atom is -0.388 e. The zero-order chi connectivity index (χ0) is 12.7. The van der Waals surface area contributed by atoms with Crippen LogP contribution in [-0.2, 0) is 4.74 Å². The van der Waals surface area contributed by atoms with Crippen molar-refractivity contribution in [2.24, 2.45) is 0 Å². The molecule has 4 heteroatoms. The predicted molar refractivity (Wildman–Crippen MR) is 69.4 cm³/mol. The lowest BCUT2D eigenvalue weighted by molar-refractivity contribution is 0.0746. The minimum absolute atomic E-state index is 0.0694. The van der Waals surface area contributed by atoms with Gasteiger partial charge in [-0.25, -0.2) is 0 Å². The lowest BCUT2D eigenvalue weighted by Gasteiger charge is -2.09. The Morgan fingerprint density at radius 2 is 1.94 bits per heavy atom. The van der Waals surface area contributed by atoms with Crippen molar-refractivity contribution in [3.63, 3.8) is 0 Å². The van der Waals surface area contributed by atoms with Crippen molar-refractivity contribution in [2.45, 2.75) is 20.0 Å². The summed E-state index contributed by atoms with van der Waals surface area (Å²) >= 11 is 0. The molecular formula is C13H20N2O2. The van der Waals surface area contributed by atoms with Crippen molar-refractivity contribution < 1.29 is 9.53 Å². The average molecular weight is 236 g/mol. The SMILES string of the molecule is CNc1ccc(C(=O)NCCOC(C)C)cc1. The van der Waals surface area contributed by atoms with Crippen LogP contribution in [-0.4, -0.2) is 32.2 Å². The van der Waals surface area contributed by atoms with Crippen molar-refractivity contribution >= 4 is 11.6 Å². The summed E-state index contributed by atoms with van der Waals surface area (Å²) in [6, 6.07) is 7.34. The molecule has 0 aliphatic heterocycles. The molecule has 0 unspecified atom stereocenters. The summed E-state index contributed by atoms with van der Waals surface area (Å²) in [4.78, 5) is 11.7. The number of carbonyl (C=O) groups excluding carboxylic acids is 1. The fourth-order valence-electron chi connectivity index (χ4n) is 1.35. The van der Waals surface area contributed by atoms with Gasteiger partial charge < -0.3 is 15.4 Å². The number of nitrogens with one attached hydrogen (secondary N) is 2. The number of hydrogen-bond donors (Lipinski definition) is 2. The Labute approximate surface area is 102 Å². The third kappa shape index (κ3) is 4.87. The van der Waals surface area contributed by atoms with Crippen LogP contribution in [0, 0.1) is 0 Å². The maximum absolute atomic E-state index is 11.7. The van der Waals surface area contributed by atoms with E-state index in [1.54, 1.807) is 12.1 Å². The summed E-state index contributed by atoms with van der Waals surface area (Å²) in [5, 5.41) is 5.81. The molecule has 1 aromatic rings. The summed E-state index contributed by atoms with van der Waals surface area (Å²) in [7, 11) is 1.85. The molecule has 1 aromatic carbocycles. The molecule has 0 radical (unpaired) electrons. The molecule has 0 spiro atoms. The summed E-state index contributed by atoms with van der Waals surface area (Å²) in [6.07, 6.45) is 0.196. The topological polar surface area (TPSA) is 50.4 Å². The van der Waals surface area contributed by atoms with Gasteiger partial charge in [0.15, 0.2) is 0 Å². The Bertz CT molecular complexity index is 347. The highest BCUT2D eigenvalue weighted by Crippen LogP contribution is 2.08. The van der Waals surface area contributed by atoms with Crippen molar-refractivity contribution in [1.29, 1.82) is 0 Å².